The maximum absolute atomic E-state index is 12.2. The van der Waals surface area contributed by atoms with Gasteiger partial charge in [0, 0.05) is 5.92 Å². The van der Waals surface area contributed by atoms with E-state index in [1.54, 1.807) is 0 Å². The molecule has 1 unspecified atom stereocenters. The zero-order valence-electron chi connectivity index (χ0n) is 12.5. The van der Waals surface area contributed by atoms with Crippen molar-refractivity contribution in [3.05, 3.63) is 57.1 Å². The summed E-state index contributed by atoms with van der Waals surface area (Å²) in [4.78, 5) is 19.6. The summed E-state index contributed by atoms with van der Waals surface area (Å²) in [6.45, 7) is 3.91. The van der Waals surface area contributed by atoms with Crippen LogP contribution >= 0.6 is 0 Å². The third-order valence-corrected chi connectivity index (χ3v) is 4.31. The summed E-state index contributed by atoms with van der Waals surface area (Å²) >= 11 is 0. The van der Waals surface area contributed by atoms with Gasteiger partial charge >= 0.3 is 0 Å². The summed E-state index contributed by atoms with van der Waals surface area (Å²) < 4.78 is 0. The Labute approximate surface area is 124 Å². The molecule has 4 nitrogen and oxygen atoms in total. The van der Waals surface area contributed by atoms with Crippen LogP contribution in [0.15, 0.2) is 29.1 Å². The second-order valence-electron chi connectivity index (χ2n) is 6.11. The molecule has 1 aliphatic rings. The van der Waals surface area contributed by atoms with E-state index in [1.807, 2.05) is 13.8 Å². The van der Waals surface area contributed by atoms with Gasteiger partial charge in [0.2, 0.25) is 0 Å². The van der Waals surface area contributed by atoms with Gasteiger partial charge in [0.1, 0.15) is 11.6 Å². The maximum Gasteiger partial charge on any atom is 0.256 e. The highest BCUT2D eigenvalue weighted by Gasteiger charge is 2.23. The van der Waals surface area contributed by atoms with Crippen molar-refractivity contribution in [3.8, 4) is 0 Å². The van der Waals surface area contributed by atoms with Crippen LogP contribution < -0.4 is 11.3 Å². The molecule has 3 rings (SSSR count). The number of H-pyrrole nitrogens is 1. The standard InChI is InChI=1S/C17H21N3O/c1-10(2)14-15(18)19-16(20-17(14)21)13-8-7-11-5-3-4-6-12(11)9-13/h3-6,10,13H,7-9H2,1-2H3,(H3,18,19,20,21). The second kappa shape index (κ2) is 5.35. The molecule has 1 aromatic heterocycles. The third-order valence-electron chi connectivity index (χ3n) is 4.31. The van der Waals surface area contributed by atoms with Crippen molar-refractivity contribution >= 4 is 5.82 Å². The largest absolute Gasteiger partial charge is 0.383 e. The van der Waals surface area contributed by atoms with E-state index in [9.17, 15) is 4.79 Å². The molecule has 0 amide bonds. The number of aromatic amines is 1. The summed E-state index contributed by atoms with van der Waals surface area (Å²) in [6.07, 6.45) is 2.94. The molecule has 0 saturated carbocycles. The number of hydrogen-bond acceptors (Lipinski definition) is 3. The average molecular weight is 283 g/mol. The van der Waals surface area contributed by atoms with Crippen molar-refractivity contribution in [2.45, 2.75) is 44.9 Å². The summed E-state index contributed by atoms with van der Waals surface area (Å²) in [6, 6.07) is 8.48. The first-order valence-electron chi connectivity index (χ1n) is 7.52. The Bertz CT molecular complexity index is 718. The highest BCUT2D eigenvalue weighted by Crippen LogP contribution is 2.31. The highest BCUT2D eigenvalue weighted by atomic mass is 16.1. The first kappa shape index (κ1) is 13.9. The number of nitrogens with zero attached hydrogens (tertiary/aromatic N) is 1. The predicted molar refractivity (Wildman–Crippen MR) is 84.6 cm³/mol. The molecule has 1 heterocycles. The monoisotopic (exact) mass is 283 g/mol. The number of fused-ring (bicyclic) bond motifs is 1. The maximum atomic E-state index is 12.2. The smallest absolute Gasteiger partial charge is 0.256 e. The molecule has 110 valence electrons. The number of nitrogens with one attached hydrogen (secondary N) is 1. The van der Waals surface area contributed by atoms with Crippen LogP contribution in [0.4, 0.5) is 5.82 Å². The molecule has 3 N–H and O–H groups in total. The summed E-state index contributed by atoms with van der Waals surface area (Å²) in [7, 11) is 0. The normalized spacial score (nSPS) is 17.8. The van der Waals surface area contributed by atoms with Crippen LogP contribution in [0.5, 0.6) is 0 Å². The zero-order valence-corrected chi connectivity index (χ0v) is 12.5. The van der Waals surface area contributed by atoms with E-state index in [2.05, 4.69) is 34.2 Å². The number of hydrogen-bond donors (Lipinski definition) is 2. The first-order chi connectivity index (χ1) is 10.1. The summed E-state index contributed by atoms with van der Waals surface area (Å²) in [5, 5.41) is 0. The van der Waals surface area contributed by atoms with E-state index < -0.39 is 0 Å². The molecule has 1 atom stereocenters. The van der Waals surface area contributed by atoms with Gasteiger partial charge in [-0.1, -0.05) is 38.1 Å². The minimum absolute atomic E-state index is 0.0855. The van der Waals surface area contributed by atoms with E-state index in [0.717, 1.165) is 25.1 Å². The van der Waals surface area contributed by atoms with Gasteiger partial charge < -0.3 is 10.7 Å². The number of benzene rings is 1. The van der Waals surface area contributed by atoms with Crippen LogP contribution in [0.2, 0.25) is 0 Å². The number of nitrogen functional groups attached to an aromatic ring is 1. The quantitative estimate of drug-likeness (QED) is 0.890. The lowest BCUT2D eigenvalue weighted by Gasteiger charge is -2.24. The molecule has 0 spiro atoms. The van der Waals surface area contributed by atoms with Crippen LogP contribution in [0, 0.1) is 0 Å². The van der Waals surface area contributed by atoms with Crippen molar-refractivity contribution in [3.63, 3.8) is 0 Å². The number of nitrogens with two attached hydrogens (primary N) is 1. The van der Waals surface area contributed by atoms with Gasteiger partial charge in [-0.15, -0.1) is 0 Å². The molecule has 0 bridgehead atoms. The topological polar surface area (TPSA) is 71.8 Å². The third kappa shape index (κ3) is 2.58. The molecule has 1 aliphatic carbocycles. The molecule has 4 heteroatoms. The van der Waals surface area contributed by atoms with Crippen LogP contribution in [-0.4, -0.2) is 9.97 Å². The van der Waals surface area contributed by atoms with E-state index in [0.29, 0.717) is 11.4 Å². The molecule has 0 radical (unpaired) electrons. The lowest BCUT2D eigenvalue weighted by Crippen LogP contribution is -2.24. The Morgan fingerprint density at radius 1 is 1.29 bits per heavy atom. The van der Waals surface area contributed by atoms with Gasteiger partial charge in [-0.05, 0) is 36.3 Å². The van der Waals surface area contributed by atoms with Crippen molar-refractivity contribution in [2.24, 2.45) is 0 Å². The van der Waals surface area contributed by atoms with Gasteiger partial charge in [-0.25, -0.2) is 4.98 Å². The van der Waals surface area contributed by atoms with Crippen LogP contribution in [0.25, 0.3) is 0 Å². The number of aromatic nitrogens is 2. The Morgan fingerprint density at radius 2 is 2.00 bits per heavy atom. The van der Waals surface area contributed by atoms with Gasteiger partial charge in [-0.3, -0.25) is 4.79 Å². The minimum Gasteiger partial charge on any atom is -0.383 e. The Hall–Kier alpha value is -2.10. The van der Waals surface area contributed by atoms with Gasteiger partial charge in [-0.2, -0.15) is 0 Å². The fraction of sp³-hybridized carbons (Fsp3) is 0.412. The van der Waals surface area contributed by atoms with E-state index in [1.165, 1.54) is 11.1 Å². The fourth-order valence-corrected chi connectivity index (χ4v) is 3.20. The molecule has 0 saturated heterocycles. The fourth-order valence-electron chi connectivity index (χ4n) is 3.20. The van der Waals surface area contributed by atoms with Gasteiger partial charge in [0.05, 0.1) is 5.56 Å². The Balaban J connectivity index is 1.94. The lowest BCUT2D eigenvalue weighted by molar-refractivity contribution is 0.552. The van der Waals surface area contributed by atoms with Gasteiger partial charge in [0.25, 0.3) is 5.56 Å². The second-order valence-corrected chi connectivity index (χ2v) is 6.11. The molecular weight excluding hydrogens is 262 g/mol. The zero-order chi connectivity index (χ0) is 15.0. The molecule has 1 aromatic carbocycles. The molecule has 2 aromatic rings. The van der Waals surface area contributed by atoms with Crippen LogP contribution in [-0.2, 0) is 12.8 Å². The summed E-state index contributed by atoms with van der Waals surface area (Å²) in [5.74, 6) is 1.44. The number of rotatable bonds is 2. The molecule has 21 heavy (non-hydrogen) atoms. The molecule has 0 aliphatic heterocycles. The van der Waals surface area contributed by atoms with E-state index >= 15 is 0 Å². The van der Waals surface area contributed by atoms with Crippen molar-refractivity contribution < 1.29 is 0 Å². The minimum atomic E-state index is -0.0913. The van der Waals surface area contributed by atoms with Crippen LogP contribution in [0.1, 0.15) is 54.6 Å². The highest BCUT2D eigenvalue weighted by molar-refractivity contribution is 5.40. The molecule has 0 fully saturated rings. The Kier molecular flexibility index (Phi) is 3.53. The van der Waals surface area contributed by atoms with E-state index in [4.69, 9.17) is 5.73 Å². The van der Waals surface area contributed by atoms with E-state index in [-0.39, 0.29) is 17.4 Å². The van der Waals surface area contributed by atoms with Crippen LogP contribution in [0.3, 0.4) is 0 Å². The first-order valence-corrected chi connectivity index (χ1v) is 7.52. The van der Waals surface area contributed by atoms with Crippen molar-refractivity contribution in [1.29, 1.82) is 0 Å². The van der Waals surface area contributed by atoms with Gasteiger partial charge in [0.15, 0.2) is 0 Å². The molecular formula is C17H21N3O. The lowest BCUT2D eigenvalue weighted by atomic mass is 9.83. The SMILES string of the molecule is CC(C)c1c(N)nc(C2CCc3ccccc3C2)[nH]c1=O. The predicted octanol–water partition coefficient (Wildman–Crippen LogP) is 2.75. The van der Waals surface area contributed by atoms with Crippen molar-refractivity contribution in [1.82, 2.24) is 9.97 Å². The average Bonchev–Trinajstić information content (AvgIpc) is 2.45. The summed E-state index contributed by atoms with van der Waals surface area (Å²) in [5.41, 5.74) is 9.25. The number of anilines is 1. The Morgan fingerprint density at radius 3 is 2.67 bits per heavy atom. The number of aryl methyl sites for hydroxylation is 1. The van der Waals surface area contributed by atoms with Crippen molar-refractivity contribution in [2.75, 3.05) is 5.73 Å².